The molecule has 2 rings (SSSR count). The van der Waals surface area contributed by atoms with Crippen molar-refractivity contribution in [2.75, 3.05) is 0 Å². The SMILES string of the molecule is Cc1c(C)c2c(c(C)c1OC(=O)C(C)C)CC[C@@](C)(CCC[C@H](C)CCC[C@H](C)CCCC(C)C)O2. The molecule has 0 bridgehead atoms. The summed E-state index contributed by atoms with van der Waals surface area (Å²) in [7, 11) is 0. The van der Waals surface area contributed by atoms with E-state index in [1.165, 1.54) is 56.9 Å². The van der Waals surface area contributed by atoms with Crippen LogP contribution < -0.4 is 9.47 Å². The quantitative estimate of drug-likeness (QED) is 0.188. The fourth-order valence-corrected chi connectivity index (χ4v) is 5.63. The van der Waals surface area contributed by atoms with Crippen molar-refractivity contribution in [3.05, 3.63) is 22.3 Å². The Morgan fingerprint density at radius 2 is 1.39 bits per heavy atom. The average Bonchev–Trinajstić information content (AvgIpc) is 2.79. The molecule has 0 spiro atoms. The van der Waals surface area contributed by atoms with Crippen molar-refractivity contribution < 1.29 is 14.3 Å². The molecule has 0 radical (unpaired) electrons. The second kappa shape index (κ2) is 13.9. The minimum atomic E-state index is -0.170. The van der Waals surface area contributed by atoms with Gasteiger partial charge in [-0.25, -0.2) is 0 Å². The third-order valence-corrected chi connectivity index (χ3v) is 8.51. The lowest BCUT2D eigenvalue weighted by atomic mass is 9.83. The van der Waals surface area contributed by atoms with Crippen molar-refractivity contribution in [1.82, 2.24) is 0 Å². The summed E-state index contributed by atoms with van der Waals surface area (Å²) < 4.78 is 12.5. The molecule has 1 aromatic carbocycles. The maximum Gasteiger partial charge on any atom is 0.313 e. The third-order valence-electron chi connectivity index (χ3n) is 8.51. The lowest BCUT2D eigenvalue weighted by Crippen LogP contribution is -2.37. The molecule has 0 aromatic heterocycles. The molecular formula is C33H56O3. The minimum absolute atomic E-state index is 0.114. The summed E-state index contributed by atoms with van der Waals surface area (Å²) in [4.78, 5) is 12.3. The van der Waals surface area contributed by atoms with Crippen molar-refractivity contribution in [3.8, 4) is 11.5 Å². The second-order valence-corrected chi connectivity index (χ2v) is 13.0. The Bertz CT molecular complexity index is 853. The largest absolute Gasteiger partial charge is 0.487 e. The van der Waals surface area contributed by atoms with Crippen LogP contribution in [0.3, 0.4) is 0 Å². The first kappa shape index (κ1) is 30.7. The Hall–Kier alpha value is -1.51. The zero-order valence-electron chi connectivity index (χ0n) is 25.3. The molecule has 0 N–H and O–H groups in total. The number of hydrogen-bond donors (Lipinski definition) is 0. The number of carbonyl (C=O) groups is 1. The molecule has 206 valence electrons. The van der Waals surface area contributed by atoms with Crippen LogP contribution in [0.25, 0.3) is 0 Å². The molecule has 0 saturated heterocycles. The molecule has 0 amide bonds. The predicted molar refractivity (Wildman–Crippen MR) is 153 cm³/mol. The molecule has 0 fully saturated rings. The number of rotatable bonds is 14. The van der Waals surface area contributed by atoms with Crippen LogP contribution in [0.15, 0.2) is 0 Å². The van der Waals surface area contributed by atoms with E-state index in [1.54, 1.807) is 0 Å². The molecule has 1 aliphatic rings. The van der Waals surface area contributed by atoms with E-state index < -0.39 is 0 Å². The lowest BCUT2D eigenvalue weighted by molar-refractivity contribution is -0.137. The fraction of sp³-hybridized carbons (Fsp3) is 0.788. The minimum Gasteiger partial charge on any atom is -0.487 e. The van der Waals surface area contributed by atoms with Crippen molar-refractivity contribution in [1.29, 1.82) is 0 Å². The number of ether oxygens (including phenoxy) is 2. The highest BCUT2D eigenvalue weighted by atomic mass is 16.5. The first-order valence-corrected chi connectivity index (χ1v) is 14.9. The van der Waals surface area contributed by atoms with Gasteiger partial charge in [0, 0.05) is 5.56 Å². The first-order chi connectivity index (χ1) is 16.8. The van der Waals surface area contributed by atoms with E-state index in [0.717, 1.165) is 65.2 Å². The second-order valence-electron chi connectivity index (χ2n) is 13.0. The highest BCUT2D eigenvalue weighted by Gasteiger charge is 2.35. The van der Waals surface area contributed by atoms with Gasteiger partial charge in [0.1, 0.15) is 17.1 Å². The topological polar surface area (TPSA) is 35.5 Å². The van der Waals surface area contributed by atoms with Crippen LogP contribution in [0.2, 0.25) is 0 Å². The maximum absolute atomic E-state index is 12.3. The highest BCUT2D eigenvalue weighted by Crippen LogP contribution is 2.45. The number of benzene rings is 1. The third kappa shape index (κ3) is 8.80. The fourth-order valence-electron chi connectivity index (χ4n) is 5.63. The van der Waals surface area contributed by atoms with Crippen molar-refractivity contribution in [2.45, 2.75) is 145 Å². The van der Waals surface area contributed by atoms with Crippen LogP contribution >= 0.6 is 0 Å². The van der Waals surface area contributed by atoms with Crippen molar-refractivity contribution >= 4 is 5.97 Å². The summed E-state index contributed by atoms with van der Waals surface area (Å²) in [5.41, 5.74) is 4.31. The van der Waals surface area contributed by atoms with Gasteiger partial charge in [-0.15, -0.1) is 0 Å². The Kier molecular flexibility index (Phi) is 11.8. The van der Waals surface area contributed by atoms with Gasteiger partial charge < -0.3 is 9.47 Å². The molecule has 3 nitrogen and oxygen atoms in total. The zero-order chi connectivity index (χ0) is 27.0. The molecule has 0 aliphatic carbocycles. The average molecular weight is 501 g/mol. The van der Waals surface area contributed by atoms with Gasteiger partial charge in [-0.3, -0.25) is 4.79 Å². The van der Waals surface area contributed by atoms with E-state index in [-0.39, 0.29) is 17.5 Å². The van der Waals surface area contributed by atoms with Gasteiger partial charge in [-0.2, -0.15) is 0 Å². The Morgan fingerprint density at radius 1 is 0.833 bits per heavy atom. The summed E-state index contributed by atoms with van der Waals surface area (Å²) in [5.74, 6) is 3.95. The van der Waals surface area contributed by atoms with Gasteiger partial charge in [-0.1, -0.05) is 86.5 Å². The smallest absolute Gasteiger partial charge is 0.313 e. The molecule has 36 heavy (non-hydrogen) atoms. The van der Waals surface area contributed by atoms with Crippen LogP contribution in [0.5, 0.6) is 11.5 Å². The Balaban J connectivity index is 1.86. The summed E-state index contributed by atoms with van der Waals surface area (Å²) in [6.07, 6.45) is 13.9. The molecule has 0 saturated carbocycles. The molecular weight excluding hydrogens is 444 g/mol. The summed E-state index contributed by atoms with van der Waals surface area (Å²) >= 11 is 0. The summed E-state index contributed by atoms with van der Waals surface area (Å²) in [6.45, 7) is 21.8. The van der Waals surface area contributed by atoms with Crippen LogP contribution in [-0.4, -0.2) is 11.6 Å². The van der Waals surface area contributed by atoms with E-state index in [1.807, 2.05) is 20.8 Å². The lowest BCUT2D eigenvalue weighted by Gasteiger charge is -2.38. The van der Waals surface area contributed by atoms with Crippen LogP contribution in [0.4, 0.5) is 0 Å². The number of carbonyl (C=O) groups excluding carboxylic acids is 1. The standard InChI is InChI=1S/C33H56O3/c1-22(2)14-11-15-24(5)16-12-17-25(6)18-13-20-33(10)21-19-29-28(9)30(35-32(34)23(3)4)26(7)27(8)31(29)36-33/h22-25H,11-21H2,1-10H3/t24-,25-,33-/m1/s1. The van der Waals surface area contributed by atoms with Crippen molar-refractivity contribution in [2.24, 2.45) is 23.7 Å². The molecule has 3 heteroatoms. The van der Waals surface area contributed by atoms with E-state index in [4.69, 9.17) is 9.47 Å². The number of esters is 1. The van der Waals surface area contributed by atoms with Crippen LogP contribution in [0, 0.1) is 44.4 Å². The zero-order valence-corrected chi connectivity index (χ0v) is 25.3. The van der Waals surface area contributed by atoms with Gasteiger partial charge in [0.05, 0.1) is 5.92 Å². The molecule has 1 aromatic rings. The highest BCUT2D eigenvalue weighted by molar-refractivity contribution is 5.76. The number of hydrogen-bond acceptors (Lipinski definition) is 3. The molecule has 3 atom stereocenters. The first-order valence-electron chi connectivity index (χ1n) is 14.9. The maximum atomic E-state index is 12.3. The van der Waals surface area contributed by atoms with E-state index in [2.05, 4.69) is 48.5 Å². The molecule has 0 unspecified atom stereocenters. The number of fused-ring (bicyclic) bond motifs is 1. The van der Waals surface area contributed by atoms with E-state index in [9.17, 15) is 4.79 Å². The van der Waals surface area contributed by atoms with Crippen LogP contribution in [0.1, 0.15) is 135 Å². The van der Waals surface area contributed by atoms with Gasteiger partial charge in [-0.05, 0) is 87.8 Å². The van der Waals surface area contributed by atoms with Gasteiger partial charge in [0.2, 0.25) is 0 Å². The molecule has 1 aliphatic heterocycles. The Morgan fingerprint density at radius 3 is 1.94 bits per heavy atom. The normalized spacial score (nSPS) is 19.2. The van der Waals surface area contributed by atoms with Gasteiger partial charge in [0.25, 0.3) is 0 Å². The summed E-state index contributed by atoms with van der Waals surface area (Å²) in [5, 5.41) is 0. The van der Waals surface area contributed by atoms with Gasteiger partial charge in [0.15, 0.2) is 0 Å². The van der Waals surface area contributed by atoms with E-state index in [0.29, 0.717) is 0 Å². The van der Waals surface area contributed by atoms with Gasteiger partial charge >= 0.3 is 5.97 Å². The monoisotopic (exact) mass is 500 g/mol. The van der Waals surface area contributed by atoms with Crippen LogP contribution in [-0.2, 0) is 11.2 Å². The summed E-state index contributed by atoms with van der Waals surface area (Å²) in [6, 6.07) is 0. The predicted octanol–water partition coefficient (Wildman–Crippen LogP) is 9.70. The van der Waals surface area contributed by atoms with Crippen molar-refractivity contribution in [3.63, 3.8) is 0 Å². The molecule has 1 heterocycles. The Labute approximate surface area is 223 Å². The van der Waals surface area contributed by atoms with E-state index >= 15 is 0 Å².